The van der Waals surface area contributed by atoms with Gasteiger partial charge in [0.15, 0.2) is 14.1 Å². The lowest BCUT2D eigenvalue weighted by Gasteiger charge is -2.42. The van der Waals surface area contributed by atoms with Crippen molar-refractivity contribution in [1.29, 1.82) is 0 Å². The lowest BCUT2D eigenvalue weighted by Crippen LogP contribution is -2.45. The molecule has 0 aliphatic carbocycles. The topological polar surface area (TPSA) is 128 Å². The minimum Gasteiger partial charge on any atom is -0.494 e. The Hall–Kier alpha value is -5.40. The first-order chi connectivity index (χ1) is 25.9. The second-order valence-electron chi connectivity index (χ2n) is 13.8. The maximum atomic E-state index is 14.8. The van der Waals surface area contributed by atoms with E-state index in [0.717, 1.165) is 12.5 Å². The van der Waals surface area contributed by atoms with E-state index >= 15 is 0 Å². The van der Waals surface area contributed by atoms with Crippen molar-refractivity contribution in [2.45, 2.75) is 58.7 Å². The number of carbonyl (C=O) groups is 1. The van der Waals surface area contributed by atoms with Gasteiger partial charge in [-0.3, -0.25) is 0 Å². The Morgan fingerprint density at radius 2 is 1.13 bits per heavy atom. The van der Waals surface area contributed by atoms with E-state index in [1.165, 1.54) is 12.1 Å². The van der Waals surface area contributed by atoms with Crippen molar-refractivity contribution in [2.24, 2.45) is 36.6 Å². The molecule has 0 aliphatic rings. The number of rotatable bonds is 20. The Kier molecular flexibility index (Phi) is 15.4. The van der Waals surface area contributed by atoms with Gasteiger partial charge in [0, 0.05) is 12.1 Å². The van der Waals surface area contributed by atoms with Crippen molar-refractivity contribution in [2.75, 3.05) is 26.4 Å². The van der Waals surface area contributed by atoms with Crippen LogP contribution in [0.25, 0.3) is 0 Å². The van der Waals surface area contributed by atoms with E-state index in [0.29, 0.717) is 78.7 Å². The first-order valence-electron chi connectivity index (χ1n) is 17.9. The minimum atomic E-state index is -1.90. The van der Waals surface area contributed by atoms with Gasteiger partial charge in [0.2, 0.25) is 0 Å². The lowest BCUT2D eigenvalue weighted by atomic mass is 9.99. The molecule has 0 bridgehead atoms. The molecular weight excluding hydrogens is 704 g/mol. The van der Waals surface area contributed by atoms with Gasteiger partial charge >= 0.3 is 5.97 Å². The van der Waals surface area contributed by atoms with Crippen LogP contribution in [-0.2, 0) is 14.0 Å². The van der Waals surface area contributed by atoms with Gasteiger partial charge in [0.05, 0.1) is 48.3 Å². The fraction of sp³-hybridized carbons (Fsp3) is 0.341. The minimum absolute atomic E-state index is 0.0834. The molecule has 11 nitrogen and oxygen atoms in total. The highest BCUT2D eigenvalue weighted by Gasteiger charge is 2.43. The number of hydrogen-bond acceptors (Lipinski definition) is 11. The molecule has 0 unspecified atom stereocenters. The van der Waals surface area contributed by atoms with E-state index in [4.69, 9.17) is 18.6 Å². The van der Waals surface area contributed by atoms with Crippen LogP contribution in [-0.4, -0.2) is 40.7 Å². The van der Waals surface area contributed by atoms with Crippen LogP contribution < -0.4 is 9.47 Å². The summed E-state index contributed by atoms with van der Waals surface area (Å²) in [6.45, 7) is 18.7. The molecule has 0 atom stereocenters. The van der Waals surface area contributed by atoms with Crippen LogP contribution in [0, 0.1) is 11.7 Å². The average Bonchev–Trinajstić information content (AvgIpc) is 3.17. The highest BCUT2D eigenvalue weighted by atomic mass is 28.4. The van der Waals surface area contributed by atoms with Crippen LogP contribution >= 0.6 is 0 Å². The first kappa shape index (κ1) is 41.4. The van der Waals surface area contributed by atoms with E-state index in [1.807, 2.05) is 24.3 Å². The third kappa shape index (κ3) is 12.9. The summed E-state index contributed by atoms with van der Waals surface area (Å²) in [6, 6.07) is 25.8. The number of ether oxygens (including phenoxy) is 3. The molecule has 0 saturated carbocycles. The molecule has 0 fully saturated rings. The average molecular weight is 753 g/mol. The molecule has 0 aliphatic heterocycles. The fourth-order valence-corrected chi connectivity index (χ4v) is 7.11. The number of benzene rings is 4. The normalized spacial score (nSPS) is 12.2. The van der Waals surface area contributed by atoms with Crippen LogP contribution in [0.5, 0.6) is 11.5 Å². The third-order valence-corrected chi connectivity index (χ3v) is 13.9. The smallest absolute Gasteiger partial charge is 0.330 e. The van der Waals surface area contributed by atoms with E-state index in [1.54, 1.807) is 54.6 Å². The molecule has 4 aromatic rings. The molecular formula is C41H49FN6O5Si. The highest BCUT2D eigenvalue weighted by molar-refractivity contribution is 6.74. The lowest BCUT2D eigenvalue weighted by molar-refractivity contribution is -0.137. The number of unbranched alkanes of at least 4 members (excludes halogenated alkanes) is 1. The van der Waals surface area contributed by atoms with Crippen molar-refractivity contribution in [3.05, 3.63) is 109 Å². The maximum Gasteiger partial charge on any atom is 0.330 e. The van der Waals surface area contributed by atoms with Gasteiger partial charge in [-0.25, -0.2) is 9.18 Å². The molecule has 0 N–H and O–H groups in total. The Labute approximate surface area is 318 Å². The number of carbonyl (C=O) groups excluding carboxylic acids is 1. The summed E-state index contributed by atoms with van der Waals surface area (Å²) in [4.78, 5) is 11.0. The quantitative estimate of drug-likeness (QED) is 0.0292. The summed E-state index contributed by atoms with van der Waals surface area (Å²) in [5.74, 6) is 0.952. The Morgan fingerprint density at radius 1 is 0.685 bits per heavy atom. The number of nitrogens with zero attached hydrogens (tertiary/aromatic N) is 6. The van der Waals surface area contributed by atoms with Crippen molar-refractivity contribution >= 4 is 48.4 Å². The molecule has 0 amide bonds. The third-order valence-electron chi connectivity index (χ3n) is 9.32. The van der Waals surface area contributed by atoms with Gasteiger partial charge < -0.3 is 18.6 Å². The summed E-state index contributed by atoms with van der Waals surface area (Å²) < 4.78 is 37.6. The SMILES string of the molecule is C=CC(=O)OCCCCOc1ccc(N=Nc2ccc(N=Nc3ccc(N=Nc4ccc(OCCO[Si](C)(C)C(C)(C)C(C)C)cc4)c(F)c3)cc2)cc1. The van der Waals surface area contributed by atoms with Crippen molar-refractivity contribution in [1.82, 2.24) is 0 Å². The van der Waals surface area contributed by atoms with Crippen LogP contribution in [0.4, 0.5) is 38.5 Å². The zero-order valence-corrected chi connectivity index (χ0v) is 32.9. The van der Waals surface area contributed by atoms with E-state index in [9.17, 15) is 9.18 Å². The fourth-order valence-electron chi connectivity index (χ4n) is 4.75. The largest absolute Gasteiger partial charge is 0.494 e. The summed E-state index contributed by atoms with van der Waals surface area (Å²) in [6.07, 6.45) is 2.60. The summed E-state index contributed by atoms with van der Waals surface area (Å²) in [5, 5.41) is 25.3. The summed E-state index contributed by atoms with van der Waals surface area (Å²) in [5.41, 5.74) is 2.85. The second-order valence-corrected chi connectivity index (χ2v) is 18.3. The number of esters is 1. The maximum absolute atomic E-state index is 14.8. The molecule has 0 radical (unpaired) electrons. The van der Waals surface area contributed by atoms with Crippen LogP contribution in [0.1, 0.15) is 40.5 Å². The van der Waals surface area contributed by atoms with Crippen molar-refractivity contribution in [3.63, 3.8) is 0 Å². The van der Waals surface area contributed by atoms with Crippen molar-refractivity contribution in [3.8, 4) is 11.5 Å². The standard InChI is InChI=1S/C41H49FN6O5Si/c1-8-40(49)52-26-10-9-25-50-36-20-15-33(16-21-36)44-43-31-11-13-32(14-12-31)45-47-35-19-24-39(38(42)29-35)48-46-34-17-22-37(23-18-34)51-27-28-53-54(6,7)41(4,5)30(2)3/h8,11-24,29-30H,1,9-10,25-28H2,2-7H3. The van der Waals surface area contributed by atoms with Gasteiger partial charge in [-0.15, -0.1) is 5.11 Å². The molecule has 0 spiro atoms. The van der Waals surface area contributed by atoms with Gasteiger partial charge in [0.25, 0.3) is 0 Å². The van der Waals surface area contributed by atoms with Crippen molar-refractivity contribution < 1.29 is 27.8 Å². The van der Waals surface area contributed by atoms with Crippen LogP contribution in [0.2, 0.25) is 18.1 Å². The number of halogens is 1. The number of hydrogen-bond donors (Lipinski definition) is 0. The van der Waals surface area contributed by atoms with Crippen LogP contribution in [0.3, 0.4) is 0 Å². The molecule has 0 saturated heterocycles. The Morgan fingerprint density at radius 3 is 1.63 bits per heavy atom. The Bertz CT molecular complexity index is 1900. The van der Waals surface area contributed by atoms with Crippen LogP contribution in [0.15, 0.2) is 134 Å². The number of azo groups is 3. The van der Waals surface area contributed by atoms with Gasteiger partial charge in [-0.2, -0.15) is 25.6 Å². The highest BCUT2D eigenvalue weighted by Crippen LogP contribution is 2.44. The summed E-state index contributed by atoms with van der Waals surface area (Å²) in [7, 11) is -1.90. The van der Waals surface area contributed by atoms with E-state index in [-0.39, 0.29) is 10.7 Å². The zero-order valence-electron chi connectivity index (χ0n) is 31.9. The molecule has 0 aromatic heterocycles. The molecule has 54 heavy (non-hydrogen) atoms. The monoisotopic (exact) mass is 752 g/mol. The Balaban J connectivity index is 1.20. The molecule has 4 rings (SSSR count). The van der Waals surface area contributed by atoms with Gasteiger partial charge in [0.1, 0.15) is 23.8 Å². The zero-order chi connectivity index (χ0) is 39.0. The molecule has 0 heterocycles. The summed E-state index contributed by atoms with van der Waals surface area (Å²) >= 11 is 0. The van der Waals surface area contributed by atoms with Gasteiger partial charge in [-0.05, 0) is 122 Å². The molecule has 284 valence electrons. The first-order valence-corrected chi connectivity index (χ1v) is 20.8. The van der Waals surface area contributed by atoms with E-state index in [2.05, 4.69) is 78.1 Å². The molecule has 4 aromatic carbocycles. The van der Waals surface area contributed by atoms with Gasteiger partial charge in [-0.1, -0.05) is 34.3 Å². The predicted octanol–water partition coefficient (Wildman–Crippen LogP) is 13.0. The van der Waals surface area contributed by atoms with E-state index < -0.39 is 20.1 Å². The predicted molar refractivity (Wildman–Crippen MR) is 212 cm³/mol. The second kappa shape index (κ2) is 20.2. The molecule has 13 heteroatoms.